The van der Waals surface area contributed by atoms with Gasteiger partial charge in [-0.05, 0) is 12.0 Å². The van der Waals surface area contributed by atoms with Gasteiger partial charge in [0.15, 0.2) is 0 Å². The molecule has 4 nitrogen and oxygen atoms in total. The molecule has 4 heteroatoms. The molecule has 82 valence electrons. The number of carbonyl (C=O) groups is 2. The van der Waals surface area contributed by atoms with Crippen molar-refractivity contribution in [3.63, 3.8) is 0 Å². The monoisotopic (exact) mass is 210 g/mol. The number of aliphatic carboxylic acids is 2. The predicted molar refractivity (Wildman–Crippen MR) is 55.7 cm³/mol. The standard InChI is InChI=1S/C8H10.C3H4O4/c1-2-8-6-4-3-5-7-8;4-2(5)1-3(6)7/h3-7H,2H2,1H3;1H2,(H,4,5)(H,6,7). The van der Waals surface area contributed by atoms with Crippen LogP contribution in [0.2, 0.25) is 0 Å². The highest BCUT2D eigenvalue weighted by atomic mass is 16.4. The van der Waals surface area contributed by atoms with E-state index in [9.17, 15) is 9.59 Å². The fourth-order valence-electron chi connectivity index (χ4n) is 0.843. The molecule has 0 saturated carbocycles. The van der Waals surface area contributed by atoms with Crippen molar-refractivity contribution in [3.05, 3.63) is 35.9 Å². The average molecular weight is 210 g/mol. The summed E-state index contributed by atoms with van der Waals surface area (Å²) in [5.74, 6) is -2.62. The van der Waals surface area contributed by atoms with Crippen LogP contribution >= 0.6 is 0 Å². The van der Waals surface area contributed by atoms with Crippen molar-refractivity contribution in [2.45, 2.75) is 19.8 Å². The molecule has 0 bridgehead atoms. The first-order valence-electron chi connectivity index (χ1n) is 4.53. The Morgan fingerprint density at radius 2 is 1.53 bits per heavy atom. The van der Waals surface area contributed by atoms with E-state index in [1.807, 2.05) is 6.07 Å². The van der Waals surface area contributed by atoms with Gasteiger partial charge in [0, 0.05) is 0 Å². The van der Waals surface area contributed by atoms with E-state index >= 15 is 0 Å². The molecule has 1 aromatic carbocycles. The van der Waals surface area contributed by atoms with Crippen molar-refractivity contribution in [2.75, 3.05) is 0 Å². The zero-order chi connectivity index (χ0) is 11.7. The Balaban J connectivity index is 0.000000265. The first kappa shape index (κ1) is 13.2. The van der Waals surface area contributed by atoms with Crippen LogP contribution in [0.5, 0.6) is 0 Å². The summed E-state index contributed by atoms with van der Waals surface area (Å²) in [6.45, 7) is 2.16. The number of rotatable bonds is 3. The van der Waals surface area contributed by atoms with Gasteiger partial charge in [-0.15, -0.1) is 0 Å². The van der Waals surface area contributed by atoms with Crippen LogP contribution in [0, 0.1) is 0 Å². The van der Waals surface area contributed by atoms with E-state index in [-0.39, 0.29) is 0 Å². The Hall–Kier alpha value is -1.84. The Bertz CT molecular complexity index is 294. The zero-order valence-corrected chi connectivity index (χ0v) is 8.51. The van der Waals surface area contributed by atoms with Gasteiger partial charge in [-0.2, -0.15) is 0 Å². The zero-order valence-electron chi connectivity index (χ0n) is 8.51. The van der Waals surface area contributed by atoms with Crippen molar-refractivity contribution >= 4 is 11.9 Å². The molecule has 0 saturated heterocycles. The quantitative estimate of drug-likeness (QED) is 0.746. The summed E-state index contributed by atoms with van der Waals surface area (Å²) >= 11 is 0. The highest BCUT2D eigenvalue weighted by Crippen LogP contribution is 1.96. The molecule has 0 fully saturated rings. The predicted octanol–water partition coefficient (Wildman–Crippen LogP) is 1.79. The number of carboxylic acid groups (broad SMARTS) is 2. The molecule has 0 radical (unpaired) electrons. The summed E-state index contributed by atoms with van der Waals surface area (Å²) in [7, 11) is 0. The summed E-state index contributed by atoms with van der Waals surface area (Å²) in [4.78, 5) is 18.9. The van der Waals surface area contributed by atoms with Crippen LogP contribution in [-0.4, -0.2) is 22.2 Å². The van der Waals surface area contributed by atoms with Crippen LogP contribution in [0.25, 0.3) is 0 Å². The Labute approximate surface area is 88.2 Å². The summed E-state index contributed by atoms with van der Waals surface area (Å²) < 4.78 is 0. The van der Waals surface area contributed by atoms with Crippen LogP contribution in [0.1, 0.15) is 18.9 Å². The van der Waals surface area contributed by atoms with Crippen LogP contribution in [-0.2, 0) is 16.0 Å². The minimum Gasteiger partial charge on any atom is -0.481 e. The molecular formula is C11H14O4. The molecule has 0 aliphatic heterocycles. The Morgan fingerprint density at radius 1 is 1.07 bits per heavy atom. The van der Waals surface area contributed by atoms with Crippen LogP contribution < -0.4 is 0 Å². The van der Waals surface area contributed by atoms with Crippen molar-refractivity contribution in [3.8, 4) is 0 Å². The molecule has 1 aromatic rings. The van der Waals surface area contributed by atoms with E-state index in [0.717, 1.165) is 6.42 Å². The highest BCUT2D eigenvalue weighted by molar-refractivity contribution is 5.88. The number of hydrogen-bond acceptors (Lipinski definition) is 2. The molecule has 0 aromatic heterocycles. The van der Waals surface area contributed by atoms with E-state index in [1.165, 1.54) is 5.56 Å². The smallest absolute Gasteiger partial charge is 0.314 e. The van der Waals surface area contributed by atoms with Gasteiger partial charge in [0.2, 0.25) is 0 Å². The average Bonchev–Trinajstić information content (AvgIpc) is 2.18. The van der Waals surface area contributed by atoms with Gasteiger partial charge in [0.05, 0.1) is 0 Å². The van der Waals surface area contributed by atoms with Gasteiger partial charge in [-0.3, -0.25) is 9.59 Å². The second kappa shape index (κ2) is 7.55. The first-order chi connectivity index (χ1) is 7.06. The van der Waals surface area contributed by atoms with Gasteiger partial charge in [0.1, 0.15) is 6.42 Å². The van der Waals surface area contributed by atoms with Crippen LogP contribution in [0.15, 0.2) is 30.3 Å². The summed E-state index contributed by atoms with van der Waals surface area (Å²) in [5.41, 5.74) is 1.41. The van der Waals surface area contributed by atoms with Crippen LogP contribution in [0.4, 0.5) is 0 Å². The van der Waals surface area contributed by atoms with E-state index < -0.39 is 18.4 Å². The van der Waals surface area contributed by atoms with E-state index in [1.54, 1.807) is 0 Å². The lowest BCUT2D eigenvalue weighted by atomic mass is 10.2. The lowest BCUT2D eigenvalue weighted by Gasteiger charge is -1.89. The number of benzene rings is 1. The maximum absolute atomic E-state index is 9.43. The number of aryl methyl sites for hydroxylation is 1. The fraction of sp³-hybridized carbons (Fsp3) is 0.273. The Morgan fingerprint density at radius 3 is 1.73 bits per heavy atom. The Kier molecular flexibility index (Phi) is 6.63. The third kappa shape index (κ3) is 8.49. The van der Waals surface area contributed by atoms with Crippen LogP contribution in [0.3, 0.4) is 0 Å². The van der Waals surface area contributed by atoms with Crippen molar-refractivity contribution in [2.24, 2.45) is 0 Å². The third-order valence-electron chi connectivity index (χ3n) is 1.55. The molecule has 0 spiro atoms. The second-order valence-electron chi connectivity index (χ2n) is 2.80. The van der Waals surface area contributed by atoms with E-state index in [4.69, 9.17) is 10.2 Å². The lowest BCUT2D eigenvalue weighted by molar-refractivity contribution is -0.147. The normalized spacial score (nSPS) is 8.60. The maximum Gasteiger partial charge on any atom is 0.314 e. The fourth-order valence-corrected chi connectivity index (χ4v) is 0.843. The van der Waals surface area contributed by atoms with Gasteiger partial charge >= 0.3 is 11.9 Å². The molecule has 0 amide bonds. The molecular weight excluding hydrogens is 196 g/mol. The molecule has 15 heavy (non-hydrogen) atoms. The molecule has 0 aliphatic rings. The molecule has 0 heterocycles. The second-order valence-corrected chi connectivity index (χ2v) is 2.80. The van der Waals surface area contributed by atoms with E-state index in [2.05, 4.69) is 31.2 Å². The SMILES string of the molecule is CCc1ccccc1.O=C(O)CC(=O)O. The molecule has 0 unspecified atom stereocenters. The summed E-state index contributed by atoms with van der Waals surface area (Å²) in [5, 5.41) is 15.4. The van der Waals surface area contributed by atoms with Crippen molar-refractivity contribution in [1.82, 2.24) is 0 Å². The van der Waals surface area contributed by atoms with Crippen molar-refractivity contribution < 1.29 is 19.8 Å². The minimum absolute atomic E-state index is 0.806. The molecule has 2 N–H and O–H groups in total. The highest BCUT2D eigenvalue weighted by Gasteiger charge is 2.01. The molecule has 0 atom stereocenters. The van der Waals surface area contributed by atoms with Gasteiger partial charge < -0.3 is 10.2 Å². The number of hydrogen-bond donors (Lipinski definition) is 2. The number of carboxylic acids is 2. The van der Waals surface area contributed by atoms with E-state index in [0.29, 0.717) is 0 Å². The van der Waals surface area contributed by atoms with Gasteiger partial charge in [-0.25, -0.2) is 0 Å². The van der Waals surface area contributed by atoms with Gasteiger partial charge in [0.25, 0.3) is 0 Å². The summed E-state index contributed by atoms with van der Waals surface area (Å²) in [6, 6.07) is 10.5. The topological polar surface area (TPSA) is 74.6 Å². The largest absolute Gasteiger partial charge is 0.481 e. The first-order valence-corrected chi connectivity index (χ1v) is 4.53. The maximum atomic E-state index is 9.43. The third-order valence-corrected chi connectivity index (χ3v) is 1.55. The lowest BCUT2D eigenvalue weighted by Crippen LogP contribution is -2.03. The van der Waals surface area contributed by atoms with Crippen molar-refractivity contribution in [1.29, 1.82) is 0 Å². The van der Waals surface area contributed by atoms with Gasteiger partial charge in [-0.1, -0.05) is 37.3 Å². The molecule has 0 aliphatic carbocycles. The minimum atomic E-state index is -1.31. The summed E-state index contributed by atoms with van der Waals surface area (Å²) in [6.07, 6.45) is 0.334. The molecule has 1 rings (SSSR count).